The Morgan fingerprint density at radius 1 is 1.31 bits per heavy atom. The van der Waals surface area contributed by atoms with Crippen molar-refractivity contribution >= 4 is 34.3 Å². The van der Waals surface area contributed by atoms with E-state index in [1.165, 1.54) is 10.4 Å². The van der Waals surface area contributed by atoms with Crippen LogP contribution in [-0.2, 0) is 0 Å². The number of hydrogen-bond acceptors (Lipinski definition) is 4. The predicted octanol–water partition coefficient (Wildman–Crippen LogP) is 3.63. The minimum Gasteiger partial charge on any atom is -0.271 e. The molecule has 1 atom stereocenters. The van der Waals surface area contributed by atoms with E-state index in [4.69, 9.17) is 17.4 Å². The summed E-state index contributed by atoms with van der Waals surface area (Å²) in [6.45, 7) is 4.10. The Balaban J connectivity index is 2.40. The lowest BCUT2D eigenvalue weighted by molar-refractivity contribution is 0.648. The number of hydrogen-bond donors (Lipinski definition) is 2. The molecule has 2 nitrogen and oxygen atoms in total. The highest BCUT2D eigenvalue weighted by Gasteiger charge is 2.19. The van der Waals surface area contributed by atoms with Gasteiger partial charge < -0.3 is 0 Å². The van der Waals surface area contributed by atoms with Gasteiger partial charge in [0.1, 0.15) is 0 Å². The third kappa shape index (κ3) is 2.17. The van der Waals surface area contributed by atoms with Crippen molar-refractivity contribution in [1.29, 1.82) is 0 Å². The van der Waals surface area contributed by atoms with Crippen molar-refractivity contribution in [3.63, 3.8) is 0 Å². The van der Waals surface area contributed by atoms with Crippen molar-refractivity contribution in [3.8, 4) is 0 Å². The Kier molecular flexibility index (Phi) is 3.66. The summed E-state index contributed by atoms with van der Waals surface area (Å²) in [7, 11) is 0. The molecule has 0 radical (unpaired) electrons. The van der Waals surface area contributed by atoms with Crippen LogP contribution in [0.1, 0.15) is 26.9 Å². The lowest BCUT2D eigenvalue weighted by atomic mass is 10.1. The number of thiophene rings is 2. The van der Waals surface area contributed by atoms with Gasteiger partial charge >= 0.3 is 0 Å². The van der Waals surface area contributed by atoms with E-state index < -0.39 is 0 Å². The minimum absolute atomic E-state index is 0.00356. The highest BCUT2D eigenvalue weighted by atomic mass is 35.5. The van der Waals surface area contributed by atoms with Crippen LogP contribution in [0.15, 0.2) is 16.8 Å². The fraction of sp³-hybridized carbons (Fsp3) is 0.273. The van der Waals surface area contributed by atoms with Crippen molar-refractivity contribution in [3.05, 3.63) is 42.7 Å². The third-order valence-corrected chi connectivity index (χ3v) is 5.10. The Morgan fingerprint density at radius 3 is 2.50 bits per heavy atom. The van der Waals surface area contributed by atoms with Crippen molar-refractivity contribution in [2.24, 2.45) is 5.84 Å². The van der Waals surface area contributed by atoms with Crippen LogP contribution >= 0.6 is 34.3 Å². The monoisotopic (exact) mass is 272 g/mol. The fourth-order valence-corrected chi connectivity index (χ4v) is 3.70. The summed E-state index contributed by atoms with van der Waals surface area (Å²) in [5, 5.41) is 4.99. The van der Waals surface area contributed by atoms with E-state index in [1.54, 1.807) is 22.7 Å². The number of nitrogens with one attached hydrogen (secondary N) is 1. The summed E-state index contributed by atoms with van der Waals surface area (Å²) in [6, 6.07) is 2.14. The second-order valence-electron chi connectivity index (χ2n) is 3.69. The largest absolute Gasteiger partial charge is 0.271 e. The quantitative estimate of drug-likeness (QED) is 0.661. The molecular formula is C11H13ClN2S2. The molecule has 16 heavy (non-hydrogen) atoms. The molecule has 0 amide bonds. The standard InChI is InChI=1S/C11H13ClN2S2/c1-6-4-16-11(9(6)12)10(14-13)8-3-7(2)15-5-8/h3-5,10,14H,13H2,1-2H3. The van der Waals surface area contributed by atoms with Crippen LogP contribution in [0.4, 0.5) is 0 Å². The van der Waals surface area contributed by atoms with Crippen LogP contribution in [0.2, 0.25) is 5.02 Å². The van der Waals surface area contributed by atoms with Gasteiger partial charge in [-0.05, 0) is 41.8 Å². The molecule has 0 fully saturated rings. The SMILES string of the molecule is Cc1cc(C(NN)c2scc(C)c2Cl)cs1. The molecule has 0 aliphatic carbocycles. The molecule has 2 rings (SSSR count). The first kappa shape index (κ1) is 12.1. The maximum Gasteiger partial charge on any atom is 0.0825 e. The van der Waals surface area contributed by atoms with E-state index >= 15 is 0 Å². The lowest BCUT2D eigenvalue weighted by Gasteiger charge is -2.13. The molecule has 2 aromatic rings. The third-order valence-electron chi connectivity index (χ3n) is 2.44. The van der Waals surface area contributed by atoms with Gasteiger partial charge in [0.2, 0.25) is 0 Å². The first-order chi connectivity index (χ1) is 7.63. The first-order valence-corrected chi connectivity index (χ1v) is 7.02. The fourth-order valence-electron chi connectivity index (χ4n) is 1.58. The number of nitrogens with two attached hydrogens (primary N) is 1. The summed E-state index contributed by atoms with van der Waals surface area (Å²) in [6.07, 6.45) is 0. The van der Waals surface area contributed by atoms with Gasteiger partial charge in [-0.2, -0.15) is 0 Å². The lowest BCUT2D eigenvalue weighted by Crippen LogP contribution is -2.28. The highest BCUT2D eigenvalue weighted by Crippen LogP contribution is 2.36. The zero-order chi connectivity index (χ0) is 11.7. The molecule has 1 unspecified atom stereocenters. The summed E-state index contributed by atoms with van der Waals surface area (Å²) in [5.74, 6) is 5.63. The smallest absolute Gasteiger partial charge is 0.0825 e. The van der Waals surface area contributed by atoms with E-state index in [2.05, 4.69) is 29.2 Å². The van der Waals surface area contributed by atoms with Crippen LogP contribution in [-0.4, -0.2) is 0 Å². The molecule has 0 saturated heterocycles. The number of halogens is 1. The molecule has 0 aromatic carbocycles. The molecule has 5 heteroatoms. The zero-order valence-corrected chi connectivity index (χ0v) is 11.5. The number of aryl methyl sites for hydroxylation is 2. The van der Waals surface area contributed by atoms with E-state index in [0.29, 0.717) is 0 Å². The van der Waals surface area contributed by atoms with E-state index in [-0.39, 0.29) is 6.04 Å². The maximum absolute atomic E-state index is 6.26. The summed E-state index contributed by atoms with van der Waals surface area (Å²) in [5.41, 5.74) is 5.11. The van der Waals surface area contributed by atoms with Gasteiger partial charge in [-0.1, -0.05) is 11.6 Å². The molecule has 2 aromatic heterocycles. The van der Waals surface area contributed by atoms with Crippen LogP contribution in [0.5, 0.6) is 0 Å². The maximum atomic E-state index is 6.26. The van der Waals surface area contributed by atoms with Crippen molar-refractivity contribution in [1.82, 2.24) is 5.43 Å². The first-order valence-electron chi connectivity index (χ1n) is 4.88. The Bertz CT molecular complexity index is 490. The molecule has 0 spiro atoms. The van der Waals surface area contributed by atoms with Crippen LogP contribution in [0.25, 0.3) is 0 Å². The van der Waals surface area contributed by atoms with Crippen molar-refractivity contribution < 1.29 is 0 Å². The van der Waals surface area contributed by atoms with Gasteiger partial charge in [0.15, 0.2) is 0 Å². The Hall–Kier alpha value is -0.390. The topological polar surface area (TPSA) is 38.0 Å². The Labute approximate surface area is 108 Å². The molecule has 0 bridgehead atoms. The van der Waals surface area contributed by atoms with Gasteiger partial charge in [-0.3, -0.25) is 5.84 Å². The summed E-state index contributed by atoms with van der Waals surface area (Å²) in [4.78, 5) is 2.36. The normalized spacial score (nSPS) is 13.0. The van der Waals surface area contributed by atoms with E-state index in [0.717, 1.165) is 15.5 Å². The molecule has 3 N–H and O–H groups in total. The van der Waals surface area contributed by atoms with Crippen LogP contribution in [0.3, 0.4) is 0 Å². The number of hydrazine groups is 1. The predicted molar refractivity (Wildman–Crippen MR) is 72.3 cm³/mol. The molecular weight excluding hydrogens is 260 g/mol. The summed E-state index contributed by atoms with van der Waals surface area (Å²) < 4.78 is 0. The average molecular weight is 273 g/mol. The van der Waals surface area contributed by atoms with Crippen molar-refractivity contribution in [2.45, 2.75) is 19.9 Å². The number of rotatable bonds is 3. The van der Waals surface area contributed by atoms with E-state index in [1.807, 2.05) is 6.92 Å². The van der Waals surface area contributed by atoms with Crippen molar-refractivity contribution in [2.75, 3.05) is 0 Å². The zero-order valence-electron chi connectivity index (χ0n) is 9.08. The summed E-state index contributed by atoms with van der Waals surface area (Å²) >= 11 is 9.62. The van der Waals surface area contributed by atoms with Gasteiger partial charge in [0.05, 0.1) is 11.1 Å². The van der Waals surface area contributed by atoms with Crippen LogP contribution in [0, 0.1) is 13.8 Å². The average Bonchev–Trinajstić information content (AvgIpc) is 2.81. The van der Waals surface area contributed by atoms with Crippen LogP contribution < -0.4 is 11.3 Å². The molecule has 86 valence electrons. The van der Waals surface area contributed by atoms with Gasteiger partial charge in [-0.15, -0.1) is 22.7 Å². The molecule has 0 aliphatic rings. The molecule has 2 heterocycles. The molecule has 0 aliphatic heterocycles. The Morgan fingerprint density at radius 2 is 2.06 bits per heavy atom. The minimum atomic E-state index is -0.00356. The van der Waals surface area contributed by atoms with Gasteiger partial charge in [-0.25, -0.2) is 5.43 Å². The van der Waals surface area contributed by atoms with Gasteiger partial charge in [0.25, 0.3) is 0 Å². The van der Waals surface area contributed by atoms with E-state index in [9.17, 15) is 0 Å². The highest BCUT2D eigenvalue weighted by molar-refractivity contribution is 7.11. The second kappa shape index (κ2) is 4.85. The molecule has 0 saturated carbocycles. The second-order valence-corrected chi connectivity index (χ2v) is 6.09. The van der Waals surface area contributed by atoms with Gasteiger partial charge in [0, 0.05) is 9.75 Å².